The van der Waals surface area contributed by atoms with E-state index in [-0.39, 0.29) is 48.0 Å². The van der Waals surface area contributed by atoms with E-state index in [0.29, 0.717) is 5.92 Å². The van der Waals surface area contributed by atoms with Crippen molar-refractivity contribution in [3.8, 4) is 0 Å². The minimum atomic E-state index is -0.284. The van der Waals surface area contributed by atoms with Gasteiger partial charge in [-0.2, -0.15) is 0 Å². The molecule has 0 bridgehead atoms. The van der Waals surface area contributed by atoms with E-state index in [9.17, 15) is 14.7 Å². The lowest BCUT2D eigenvalue weighted by molar-refractivity contribution is -0.126. The average molecular weight is 394 g/mol. The van der Waals surface area contributed by atoms with Gasteiger partial charge in [0.1, 0.15) is 0 Å². The first-order chi connectivity index (χ1) is 13.3. The predicted molar refractivity (Wildman–Crippen MR) is 110 cm³/mol. The van der Waals surface area contributed by atoms with Crippen molar-refractivity contribution in [2.45, 2.75) is 103 Å². The van der Waals surface area contributed by atoms with Crippen molar-refractivity contribution in [3.05, 3.63) is 0 Å². The van der Waals surface area contributed by atoms with Crippen LogP contribution in [-0.2, 0) is 4.79 Å². The van der Waals surface area contributed by atoms with E-state index in [0.717, 1.165) is 64.3 Å². The Labute approximate surface area is 169 Å². The second-order valence-electron chi connectivity index (χ2n) is 9.73. The Bertz CT molecular complexity index is 553. The molecular weight excluding hydrogens is 354 g/mol. The first kappa shape index (κ1) is 21.4. The molecule has 0 spiro atoms. The summed E-state index contributed by atoms with van der Waals surface area (Å²) in [4.78, 5) is 27.4. The van der Waals surface area contributed by atoms with Crippen LogP contribution in [0.2, 0.25) is 0 Å². The molecule has 3 N–H and O–H groups in total. The summed E-state index contributed by atoms with van der Waals surface area (Å²) < 4.78 is 0. The number of amides is 3. The fourth-order valence-corrected chi connectivity index (χ4v) is 5.53. The van der Waals surface area contributed by atoms with E-state index in [1.165, 1.54) is 0 Å². The summed E-state index contributed by atoms with van der Waals surface area (Å²) in [6, 6.07) is 0.377. The number of aliphatic hydroxyl groups excluding tert-OH is 1. The first-order valence-electron chi connectivity index (χ1n) is 11.4. The molecule has 1 aliphatic heterocycles. The highest BCUT2D eigenvalue weighted by atomic mass is 16.3. The molecule has 2 saturated carbocycles. The Kier molecular flexibility index (Phi) is 7.24. The summed E-state index contributed by atoms with van der Waals surface area (Å²) in [6.07, 6.45) is 8.22. The van der Waals surface area contributed by atoms with Crippen LogP contribution in [0.4, 0.5) is 4.79 Å². The Morgan fingerprint density at radius 1 is 1.04 bits per heavy atom. The van der Waals surface area contributed by atoms with Crippen LogP contribution in [0, 0.1) is 17.8 Å². The molecule has 3 fully saturated rings. The first-order valence-corrected chi connectivity index (χ1v) is 11.4. The molecule has 0 aromatic rings. The Hall–Kier alpha value is -1.30. The zero-order chi connectivity index (χ0) is 20.3. The highest BCUT2D eigenvalue weighted by Gasteiger charge is 2.41. The monoisotopic (exact) mass is 393 g/mol. The van der Waals surface area contributed by atoms with Crippen molar-refractivity contribution >= 4 is 11.9 Å². The Morgan fingerprint density at radius 3 is 2.57 bits per heavy atom. The molecule has 160 valence electrons. The molecular formula is C22H39N3O3. The molecule has 2 aliphatic carbocycles. The molecule has 6 heteroatoms. The van der Waals surface area contributed by atoms with Crippen LogP contribution in [0.3, 0.4) is 0 Å². The number of hydrogen-bond acceptors (Lipinski definition) is 3. The minimum Gasteiger partial charge on any atom is -0.393 e. The van der Waals surface area contributed by atoms with Gasteiger partial charge in [0.15, 0.2) is 0 Å². The number of nitrogens with one attached hydrogen (secondary N) is 2. The fraction of sp³-hybridized carbons (Fsp3) is 0.909. The molecule has 6 unspecified atom stereocenters. The van der Waals surface area contributed by atoms with Gasteiger partial charge in [0.25, 0.3) is 0 Å². The third-order valence-corrected chi connectivity index (χ3v) is 6.98. The molecule has 0 radical (unpaired) electrons. The maximum absolute atomic E-state index is 13.0. The van der Waals surface area contributed by atoms with Crippen LogP contribution in [0.15, 0.2) is 0 Å². The molecule has 0 aromatic carbocycles. The van der Waals surface area contributed by atoms with Gasteiger partial charge in [0.2, 0.25) is 5.91 Å². The van der Waals surface area contributed by atoms with Crippen molar-refractivity contribution in [3.63, 3.8) is 0 Å². The summed E-state index contributed by atoms with van der Waals surface area (Å²) in [5.41, 5.74) is 0. The van der Waals surface area contributed by atoms with Gasteiger partial charge in [0.05, 0.1) is 6.10 Å². The number of rotatable bonds is 4. The van der Waals surface area contributed by atoms with Crippen molar-refractivity contribution in [2.24, 2.45) is 17.8 Å². The van der Waals surface area contributed by atoms with E-state index in [1.807, 2.05) is 18.7 Å². The zero-order valence-electron chi connectivity index (χ0n) is 17.8. The summed E-state index contributed by atoms with van der Waals surface area (Å²) in [6.45, 7) is 6.99. The number of likely N-dealkylation sites (tertiary alicyclic amines) is 1. The standard InChI is InChI=1S/C22H39N3O3/c1-14(2)23-21(27)16-6-4-7-17(13-16)24-22(28)25-11-5-8-19(25)18-12-15(3)9-10-20(18)26/h14-20,26H,4-13H2,1-3H3,(H,23,27)(H,24,28). The molecule has 3 amide bonds. The maximum Gasteiger partial charge on any atom is 0.317 e. The molecule has 6 nitrogen and oxygen atoms in total. The highest BCUT2D eigenvalue weighted by molar-refractivity contribution is 5.79. The molecule has 6 atom stereocenters. The van der Waals surface area contributed by atoms with Crippen molar-refractivity contribution in [1.82, 2.24) is 15.5 Å². The maximum atomic E-state index is 13.0. The van der Waals surface area contributed by atoms with Gasteiger partial charge in [-0.3, -0.25) is 4.79 Å². The van der Waals surface area contributed by atoms with Gasteiger partial charge in [-0.15, -0.1) is 0 Å². The molecule has 1 heterocycles. The molecule has 0 aromatic heterocycles. The molecule has 28 heavy (non-hydrogen) atoms. The second kappa shape index (κ2) is 9.47. The van der Waals surface area contributed by atoms with Gasteiger partial charge < -0.3 is 20.6 Å². The lowest BCUT2D eigenvalue weighted by Gasteiger charge is -2.40. The van der Waals surface area contributed by atoms with Gasteiger partial charge in [-0.25, -0.2) is 4.79 Å². The van der Waals surface area contributed by atoms with E-state index in [2.05, 4.69) is 17.6 Å². The topological polar surface area (TPSA) is 81.7 Å². The van der Waals surface area contributed by atoms with Crippen molar-refractivity contribution in [1.29, 1.82) is 0 Å². The number of hydrogen-bond donors (Lipinski definition) is 3. The summed E-state index contributed by atoms with van der Waals surface area (Å²) >= 11 is 0. The quantitative estimate of drug-likeness (QED) is 0.687. The lowest BCUT2D eigenvalue weighted by atomic mass is 9.76. The predicted octanol–water partition coefficient (Wildman–Crippen LogP) is 3.04. The van der Waals surface area contributed by atoms with Gasteiger partial charge in [-0.1, -0.05) is 13.3 Å². The number of urea groups is 1. The van der Waals surface area contributed by atoms with E-state index in [4.69, 9.17) is 0 Å². The smallest absolute Gasteiger partial charge is 0.317 e. The largest absolute Gasteiger partial charge is 0.393 e. The van der Waals surface area contributed by atoms with E-state index < -0.39 is 0 Å². The highest BCUT2D eigenvalue weighted by Crippen LogP contribution is 2.37. The molecule has 3 rings (SSSR count). The summed E-state index contributed by atoms with van der Waals surface area (Å²) in [5.74, 6) is 0.939. The number of carbonyl (C=O) groups excluding carboxylic acids is 2. The summed E-state index contributed by atoms with van der Waals surface area (Å²) in [7, 11) is 0. The Morgan fingerprint density at radius 2 is 1.82 bits per heavy atom. The fourth-order valence-electron chi connectivity index (χ4n) is 5.53. The van der Waals surface area contributed by atoms with Crippen molar-refractivity contribution < 1.29 is 14.7 Å². The average Bonchev–Trinajstić information content (AvgIpc) is 3.13. The van der Waals surface area contributed by atoms with Crippen LogP contribution in [0.25, 0.3) is 0 Å². The number of carbonyl (C=O) groups is 2. The number of aliphatic hydroxyl groups is 1. The van der Waals surface area contributed by atoms with Gasteiger partial charge in [0, 0.05) is 36.5 Å². The van der Waals surface area contributed by atoms with Crippen LogP contribution in [-0.4, -0.2) is 52.7 Å². The Balaban J connectivity index is 1.56. The van der Waals surface area contributed by atoms with E-state index in [1.54, 1.807) is 0 Å². The zero-order valence-corrected chi connectivity index (χ0v) is 17.8. The van der Waals surface area contributed by atoms with Crippen LogP contribution in [0.1, 0.15) is 78.6 Å². The molecule has 1 saturated heterocycles. The van der Waals surface area contributed by atoms with Gasteiger partial charge in [-0.05, 0) is 71.1 Å². The third-order valence-electron chi connectivity index (χ3n) is 6.98. The normalized spacial score (nSPS) is 36.4. The molecule has 3 aliphatic rings. The van der Waals surface area contributed by atoms with Crippen LogP contribution < -0.4 is 10.6 Å². The number of nitrogens with zero attached hydrogens (tertiary/aromatic N) is 1. The second-order valence-corrected chi connectivity index (χ2v) is 9.73. The van der Waals surface area contributed by atoms with Crippen LogP contribution >= 0.6 is 0 Å². The van der Waals surface area contributed by atoms with Crippen LogP contribution in [0.5, 0.6) is 0 Å². The third kappa shape index (κ3) is 5.19. The SMILES string of the molecule is CC1CCC(O)C(C2CCCN2C(=O)NC2CCCC(C(=O)NC(C)C)C2)C1. The summed E-state index contributed by atoms with van der Waals surface area (Å²) in [5, 5.41) is 16.8. The van der Waals surface area contributed by atoms with E-state index >= 15 is 0 Å². The lowest BCUT2D eigenvalue weighted by Crippen LogP contribution is -2.52. The minimum absolute atomic E-state index is 0.00263. The van der Waals surface area contributed by atoms with Gasteiger partial charge >= 0.3 is 6.03 Å². The van der Waals surface area contributed by atoms with Crippen molar-refractivity contribution in [2.75, 3.05) is 6.54 Å².